The second kappa shape index (κ2) is 3.14. The topological polar surface area (TPSA) is 42.2 Å². The van der Waals surface area contributed by atoms with Gasteiger partial charge in [0, 0.05) is 5.56 Å². The van der Waals surface area contributed by atoms with Crippen LogP contribution in [0.2, 0.25) is 0 Å². The van der Waals surface area contributed by atoms with Gasteiger partial charge in [-0.25, -0.2) is 8.78 Å². The largest absolute Gasteiger partial charge is 0.453 e. The van der Waals surface area contributed by atoms with Crippen LogP contribution in [0.5, 0.6) is 11.5 Å². The zero-order chi connectivity index (χ0) is 10.1. The second-order valence-corrected chi connectivity index (χ2v) is 2.59. The van der Waals surface area contributed by atoms with Gasteiger partial charge in [0.2, 0.25) is 12.5 Å². The lowest BCUT2D eigenvalue weighted by Gasteiger charge is -2.03. The van der Waals surface area contributed by atoms with Gasteiger partial charge in [0.05, 0.1) is 0 Å². The molecule has 0 N–H and O–H groups in total. The molecule has 0 aromatic heterocycles. The van der Waals surface area contributed by atoms with Gasteiger partial charge >= 0.3 is 0 Å². The van der Waals surface area contributed by atoms with Crippen molar-refractivity contribution in [1.29, 1.82) is 5.26 Å². The fourth-order valence-electron chi connectivity index (χ4n) is 1.17. The van der Waals surface area contributed by atoms with Gasteiger partial charge in [-0.15, -0.1) is 0 Å². The number of nitrogens with zero attached hydrogens (tertiary/aromatic N) is 1. The highest BCUT2D eigenvalue weighted by Crippen LogP contribution is 2.38. The van der Waals surface area contributed by atoms with E-state index < -0.39 is 17.6 Å². The molecule has 1 aliphatic rings. The van der Waals surface area contributed by atoms with Crippen molar-refractivity contribution in [3.63, 3.8) is 0 Å². The molecule has 1 radical (unpaired) electrons. The summed E-state index contributed by atoms with van der Waals surface area (Å²) in [5.74, 6) is -0.830. The van der Waals surface area contributed by atoms with E-state index in [0.717, 1.165) is 6.07 Å². The third-order valence-electron chi connectivity index (χ3n) is 1.81. The zero-order valence-electron chi connectivity index (χ0n) is 6.88. The van der Waals surface area contributed by atoms with Gasteiger partial charge < -0.3 is 9.47 Å². The summed E-state index contributed by atoms with van der Waals surface area (Å²) in [4.78, 5) is 0. The fraction of sp³-hybridized carbons (Fsp3) is 0.111. The predicted octanol–water partition coefficient (Wildman–Crippen LogP) is 1.93. The molecule has 1 aromatic rings. The Balaban J connectivity index is 2.51. The number of nitriles is 1. The molecule has 0 spiro atoms. The summed E-state index contributed by atoms with van der Waals surface area (Å²) >= 11 is 0. The Bertz CT molecular complexity index is 414. The van der Waals surface area contributed by atoms with E-state index in [1.54, 1.807) is 0 Å². The van der Waals surface area contributed by atoms with Crippen molar-refractivity contribution in [3.05, 3.63) is 29.7 Å². The number of rotatable bonds is 1. The van der Waals surface area contributed by atoms with Gasteiger partial charge in [0.25, 0.3) is 6.17 Å². The number of benzene rings is 1. The minimum absolute atomic E-state index is 0.0934. The van der Waals surface area contributed by atoms with Gasteiger partial charge in [0.15, 0.2) is 11.6 Å². The smallest absolute Gasteiger partial charge is 0.275 e. The first-order valence-electron chi connectivity index (χ1n) is 3.75. The van der Waals surface area contributed by atoms with Crippen LogP contribution in [0.15, 0.2) is 12.1 Å². The van der Waals surface area contributed by atoms with Crippen molar-refractivity contribution in [2.75, 3.05) is 6.79 Å². The molecule has 1 aromatic carbocycles. The first kappa shape index (κ1) is 8.75. The molecule has 0 fully saturated rings. The lowest BCUT2D eigenvalue weighted by molar-refractivity contribution is 0.170. The van der Waals surface area contributed by atoms with Crippen LogP contribution < -0.4 is 9.47 Å². The maximum atomic E-state index is 13.4. The van der Waals surface area contributed by atoms with Gasteiger partial charge in [0.1, 0.15) is 6.07 Å². The predicted molar refractivity (Wildman–Crippen MR) is 41.6 cm³/mol. The minimum Gasteiger partial charge on any atom is -0.453 e. The van der Waals surface area contributed by atoms with Crippen LogP contribution in [0.4, 0.5) is 8.78 Å². The average molecular weight is 196 g/mol. The Labute approximate surface area is 78.5 Å². The maximum absolute atomic E-state index is 13.4. The van der Waals surface area contributed by atoms with Crippen LogP contribution in [-0.2, 0) is 0 Å². The SMILES string of the molecule is N#C[C](F)c1ccc2c(c1F)OCO2. The van der Waals surface area contributed by atoms with Gasteiger partial charge in [-0.05, 0) is 12.1 Å². The summed E-state index contributed by atoms with van der Waals surface area (Å²) in [5.41, 5.74) is -0.406. The fourth-order valence-corrected chi connectivity index (χ4v) is 1.17. The van der Waals surface area contributed by atoms with E-state index in [9.17, 15) is 8.78 Å². The van der Waals surface area contributed by atoms with Crippen LogP contribution in [-0.4, -0.2) is 6.79 Å². The van der Waals surface area contributed by atoms with Crippen molar-refractivity contribution in [2.24, 2.45) is 0 Å². The molecule has 0 saturated carbocycles. The normalized spacial score (nSPS) is 13.0. The van der Waals surface area contributed by atoms with E-state index in [4.69, 9.17) is 14.7 Å². The van der Waals surface area contributed by atoms with E-state index in [0.29, 0.717) is 0 Å². The molecule has 14 heavy (non-hydrogen) atoms. The Morgan fingerprint density at radius 3 is 2.93 bits per heavy atom. The number of hydrogen-bond acceptors (Lipinski definition) is 3. The highest BCUT2D eigenvalue weighted by Gasteiger charge is 2.25. The summed E-state index contributed by atoms with van der Waals surface area (Å²) in [6.45, 7) is -0.0934. The molecule has 71 valence electrons. The van der Waals surface area contributed by atoms with E-state index in [1.165, 1.54) is 12.1 Å². The molecule has 1 heterocycles. The first-order chi connectivity index (χ1) is 6.74. The van der Waals surface area contributed by atoms with Crippen LogP contribution in [0.25, 0.3) is 0 Å². The third-order valence-corrected chi connectivity index (χ3v) is 1.81. The van der Waals surface area contributed by atoms with Crippen molar-refractivity contribution < 1.29 is 18.3 Å². The molecule has 0 saturated heterocycles. The van der Waals surface area contributed by atoms with Crippen molar-refractivity contribution >= 4 is 0 Å². The molecular formula is C9H4F2NO2. The van der Waals surface area contributed by atoms with Crippen LogP contribution in [0.3, 0.4) is 0 Å². The molecule has 0 amide bonds. The van der Waals surface area contributed by atoms with Crippen molar-refractivity contribution in [2.45, 2.75) is 0 Å². The van der Waals surface area contributed by atoms with E-state index in [2.05, 4.69) is 0 Å². The van der Waals surface area contributed by atoms with E-state index in [-0.39, 0.29) is 18.3 Å². The quantitative estimate of drug-likeness (QED) is 0.689. The summed E-state index contributed by atoms with van der Waals surface area (Å²) in [6, 6.07) is 3.73. The molecule has 2 rings (SSSR count). The minimum atomic E-state index is -1.18. The molecule has 5 heteroatoms. The van der Waals surface area contributed by atoms with Gasteiger partial charge in [-0.2, -0.15) is 5.26 Å². The van der Waals surface area contributed by atoms with E-state index in [1.807, 2.05) is 0 Å². The molecule has 0 unspecified atom stereocenters. The molecule has 0 bridgehead atoms. The molecular weight excluding hydrogens is 192 g/mol. The highest BCUT2D eigenvalue weighted by atomic mass is 19.1. The van der Waals surface area contributed by atoms with Crippen molar-refractivity contribution in [1.82, 2.24) is 0 Å². The number of hydrogen-bond donors (Lipinski definition) is 0. The van der Waals surface area contributed by atoms with Crippen molar-refractivity contribution in [3.8, 4) is 17.6 Å². The zero-order valence-corrected chi connectivity index (χ0v) is 6.88. The first-order valence-corrected chi connectivity index (χ1v) is 3.75. The lowest BCUT2D eigenvalue weighted by atomic mass is 10.1. The van der Waals surface area contributed by atoms with Gasteiger partial charge in [-0.3, -0.25) is 0 Å². The molecule has 0 aliphatic carbocycles. The van der Waals surface area contributed by atoms with Crippen LogP contribution in [0.1, 0.15) is 5.56 Å². The number of halogens is 2. The Morgan fingerprint density at radius 2 is 2.21 bits per heavy atom. The summed E-state index contributed by atoms with van der Waals surface area (Å²) in [6.07, 6.45) is -1.18. The monoisotopic (exact) mass is 196 g/mol. The standard InChI is InChI=1S/C9H4F2NO2/c10-6(3-12)5-1-2-7-9(8(5)11)14-4-13-7/h1-2H,4H2. The molecule has 1 aliphatic heterocycles. The lowest BCUT2D eigenvalue weighted by Crippen LogP contribution is -1.96. The maximum Gasteiger partial charge on any atom is 0.275 e. The molecule has 3 nitrogen and oxygen atoms in total. The highest BCUT2D eigenvalue weighted by molar-refractivity contribution is 5.50. The Morgan fingerprint density at radius 1 is 1.43 bits per heavy atom. The molecule has 0 atom stereocenters. The summed E-state index contributed by atoms with van der Waals surface area (Å²) < 4.78 is 35.9. The van der Waals surface area contributed by atoms with E-state index >= 15 is 0 Å². The van der Waals surface area contributed by atoms with Crippen LogP contribution in [0, 0.1) is 23.3 Å². The summed E-state index contributed by atoms with van der Waals surface area (Å²) in [5, 5.41) is 8.26. The third kappa shape index (κ3) is 1.16. The second-order valence-electron chi connectivity index (χ2n) is 2.59. The van der Waals surface area contributed by atoms with Crippen LogP contribution >= 0.6 is 0 Å². The Hall–Kier alpha value is -1.83. The average Bonchev–Trinajstić information content (AvgIpc) is 2.66. The van der Waals surface area contributed by atoms with Gasteiger partial charge in [-0.1, -0.05) is 0 Å². The summed E-state index contributed by atoms with van der Waals surface area (Å²) in [7, 11) is 0. The number of fused-ring (bicyclic) bond motifs is 1. The number of ether oxygens (including phenoxy) is 2. The Kier molecular flexibility index (Phi) is 1.97.